The molecular weight excluding hydrogens is 318 g/mol. The lowest BCUT2D eigenvalue weighted by Crippen LogP contribution is -2.43. The highest BCUT2D eigenvalue weighted by molar-refractivity contribution is 5.77. The van der Waals surface area contributed by atoms with Gasteiger partial charge in [0, 0.05) is 43.1 Å². The first-order valence-corrected chi connectivity index (χ1v) is 8.52. The summed E-state index contributed by atoms with van der Waals surface area (Å²) < 4.78 is 0. The number of azide groups is 1. The number of piperidine rings is 1. The molecular formula is C18H27N5O2. The summed E-state index contributed by atoms with van der Waals surface area (Å²) in [7, 11) is 0. The van der Waals surface area contributed by atoms with E-state index in [1.807, 2.05) is 11.8 Å². The monoisotopic (exact) mass is 345 g/mol. The molecule has 0 aliphatic carbocycles. The topological polar surface area (TPSA) is 115 Å². The molecule has 1 atom stereocenters. The quantitative estimate of drug-likeness (QED) is 0.231. The highest BCUT2D eigenvalue weighted by Crippen LogP contribution is 2.21. The van der Waals surface area contributed by atoms with Gasteiger partial charge in [0.1, 0.15) is 0 Å². The van der Waals surface area contributed by atoms with Gasteiger partial charge in [-0.3, -0.25) is 4.79 Å². The number of allylic oxidation sites excluding steroid dienone is 1. The lowest BCUT2D eigenvalue weighted by Gasteiger charge is -2.31. The summed E-state index contributed by atoms with van der Waals surface area (Å²) in [6, 6.07) is 0. The molecule has 0 spiro atoms. The Bertz CT molecular complexity index is 593. The number of likely N-dealkylation sites (tertiary alicyclic amines) is 1. The molecule has 1 unspecified atom stereocenters. The van der Waals surface area contributed by atoms with Crippen LogP contribution in [0.15, 0.2) is 28.9 Å². The van der Waals surface area contributed by atoms with E-state index in [2.05, 4.69) is 15.9 Å². The van der Waals surface area contributed by atoms with E-state index in [4.69, 9.17) is 22.8 Å². The third-order valence-electron chi connectivity index (χ3n) is 4.68. The highest BCUT2D eigenvalue weighted by atomic mass is 16.3. The third kappa shape index (κ3) is 6.28. The maximum Gasteiger partial charge on any atom is 0.226 e. The van der Waals surface area contributed by atoms with E-state index >= 15 is 0 Å². The molecule has 0 aromatic rings. The number of hydrogen-bond acceptors (Lipinski definition) is 4. The molecule has 1 aliphatic rings. The minimum absolute atomic E-state index is 0.0434. The number of carbonyl (C=O) groups excluding carboxylic acids is 1. The summed E-state index contributed by atoms with van der Waals surface area (Å²) >= 11 is 0. The molecule has 1 fully saturated rings. The molecule has 1 amide bonds. The number of aliphatic hydroxyl groups excluding tert-OH is 1. The molecule has 1 rings (SSSR count). The number of aliphatic hydroxyl groups is 1. The molecule has 7 heteroatoms. The van der Waals surface area contributed by atoms with Crippen LogP contribution in [0.25, 0.3) is 10.4 Å². The van der Waals surface area contributed by atoms with Crippen LogP contribution in [-0.2, 0) is 4.79 Å². The van der Waals surface area contributed by atoms with Crippen LogP contribution < -0.4 is 5.73 Å². The second kappa shape index (κ2) is 10.6. The molecule has 0 bridgehead atoms. The van der Waals surface area contributed by atoms with Gasteiger partial charge >= 0.3 is 0 Å². The van der Waals surface area contributed by atoms with Crippen molar-refractivity contribution in [3.05, 3.63) is 34.2 Å². The summed E-state index contributed by atoms with van der Waals surface area (Å²) in [6.45, 7) is 3.53. The Morgan fingerprint density at radius 3 is 2.76 bits per heavy atom. The second-order valence-electron chi connectivity index (χ2n) is 6.28. The average Bonchev–Trinajstić information content (AvgIpc) is 2.65. The van der Waals surface area contributed by atoms with Crippen molar-refractivity contribution in [1.29, 1.82) is 0 Å². The van der Waals surface area contributed by atoms with Gasteiger partial charge in [-0.15, -0.1) is 6.42 Å². The number of nitrogens with two attached hydrogens (primary N) is 1. The Morgan fingerprint density at radius 1 is 1.56 bits per heavy atom. The van der Waals surface area contributed by atoms with Crippen LogP contribution in [0.1, 0.15) is 32.6 Å². The van der Waals surface area contributed by atoms with Crippen molar-refractivity contribution in [1.82, 2.24) is 4.90 Å². The fourth-order valence-corrected chi connectivity index (χ4v) is 2.79. The molecule has 0 aromatic carbocycles. The van der Waals surface area contributed by atoms with Crippen LogP contribution in [0.4, 0.5) is 0 Å². The normalized spacial score (nSPS) is 18.5. The molecule has 3 N–H and O–H groups in total. The Kier molecular flexibility index (Phi) is 8.79. The summed E-state index contributed by atoms with van der Waals surface area (Å²) in [5.41, 5.74) is 14.6. The van der Waals surface area contributed by atoms with Crippen LogP contribution in [-0.4, -0.2) is 47.7 Å². The average molecular weight is 345 g/mol. The fourth-order valence-electron chi connectivity index (χ4n) is 2.79. The van der Waals surface area contributed by atoms with Crippen molar-refractivity contribution in [2.45, 2.75) is 38.1 Å². The van der Waals surface area contributed by atoms with Crippen LogP contribution in [0.3, 0.4) is 0 Å². The third-order valence-corrected chi connectivity index (χ3v) is 4.68. The van der Waals surface area contributed by atoms with Crippen molar-refractivity contribution in [3.63, 3.8) is 0 Å². The van der Waals surface area contributed by atoms with Crippen LogP contribution in [0.2, 0.25) is 0 Å². The fraction of sp³-hybridized carbons (Fsp3) is 0.611. The molecule has 1 aliphatic heterocycles. The van der Waals surface area contributed by atoms with E-state index < -0.39 is 5.54 Å². The van der Waals surface area contributed by atoms with E-state index in [1.165, 1.54) is 0 Å². The van der Waals surface area contributed by atoms with Crippen molar-refractivity contribution < 1.29 is 9.90 Å². The van der Waals surface area contributed by atoms with Gasteiger partial charge in [-0.05, 0) is 42.4 Å². The number of rotatable bonds is 8. The number of nitrogens with zero attached hydrogens (tertiary/aromatic N) is 4. The van der Waals surface area contributed by atoms with Crippen molar-refractivity contribution >= 4 is 5.91 Å². The number of amides is 1. The Morgan fingerprint density at radius 2 is 2.24 bits per heavy atom. The summed E-state index contributed by atoms with van der Waals surface area (Å²) in [5.74, 6) is 2.79. The zero-order valence-corrected chi connectivity index (χ0v) is 14.8. The van der Waals surface area contributed by atoms with Gasteiger partial charge in [0.2, 0.25) is 5.91 Å². The predicted molar refractivity (Wildman–Crippen MR) is 98.3 cm³/mol. The molecule has 0 saturated carbocycles. The standard InChI is InChI=1S/C18H27N5O2/c1-3-6-16(18(19,4-2)14-21-22-20)7-5-8-17(25)23-11-9-15(13-24)10-12-23/h1,5-7,15,24H,4,8-14,19H2,2H3/b7-5-,16-6+. The Balaban J connectivity index is 2.70. The van der Waals surface area contributed by atoms with Crippen LogP contribution >= 0.6 is 0 Å². The zero-order valence-electron chi connectivity index (χ0n) is 14.8. The summed E-state index contributed by atoms with van der Waals surface area (Å²) in [6.07, 6.45) is 12.9. The molecule has 1 saturated heterocycles. The molecule has 7 nitrogen and oxygen atoms in total. The van der Waals surface area contributed by atoms with Gasteiger partial charge in [-0.25, -0.2) is 0 Å². The lowest BCUT2D eigenvalue weighted by atomic mass is 9.87. The zero-order chi connectivity index (χ0) is 18.7. The number of hydrogen-bond donors (Lipinski definition) is 2. The van der Waals surface area contributed by atoms with Crippen LogP contribution in [0.5, 0.6) is 0 Å². The smallest absolute Gasteiger partial charge is 0.226 e. The maximum absolute atomic E-state index is 12.3. The first-order chi connectivity index (χ1) is 12.0. The van der Waals surface area contributed by atoms with E-state index in [1.54, 1.807) is 18.2 Å². The van der Waals surface area contributed by atoms with E-state index in [0.717, 1.165) is 12.8 Å². The van der Waals surface area contributed by atoms with E-state index in [0.29, 0.717) is 31.0 Å². The van der Waals surface area contributed by atoms with E-state index in [-0.39, 0.29) is 25.5 Å². The molecule has 1 heterocycles. The van der Waals surface area contributed by atoms with E-state index in [9.17, 15) is 4.79 Å². The maximum atomic E-state index is 12.3. The summed E-state index contributed by atoms with van der Waals surface area (Å²) in [5, 5.41) is 12.7. The van der Waals surface area contributed by atoms with Gasteiger partial charge in [-0.1, -0.05) is 30.1 Å². The number of terminal acetylenes is 1. The minimum Gasteiger partial charge on any atom is -0.396 e. The van der Waals surface area contributed by atoms with Crippen LogP contribution in [0, 0.1) is 18.3 Å². The SMILES string of the molecule is C#C/C=C(\C=C/CC(=O)N1CCC(CO)CC1)C(N)(CC)CN=[N+]=[N-]. The van der Waals surface area contributed by atoms with Gasteiger partial charge in [0.25, 0.3) is 0 Å². The first kappa shape index (κ1) is 20.8. The van der Waals surface area contributed by atoms with Gasteiger partial charge < -0.3 is 15.7 Å². The summed E-state index contributed by atoms with van der Waals surface area (Å²) in [4.78, 5) is 16.9. The largest absolute Gasteiger partial charge is 0.396 e. The number of carbonyl (C=O) groups is 1. The second-order valence-corrected chi connectivity index (χ2v) is 6.28. The van der Waals surface area contributed by atoms with Gasteiger partial charge in [-0.2, -0.15) is 0 Å². The van der Waals surface area contributed by atoms with Gasteiger partial charge in [0.05, 0.1) is 0 Å². The van der Waals surface area contributed by atoms with Crippen molar-refractivity contribution in [3.8, 4) is 12.3 Å². The molecule has 25 heavy (non-hydrogen) atoms. The molecule has 136 valence electrons. The van der Waals surface area contributed by atoms with Crippen molar-refractivity contribution in [2.24, 2.45) is 16.8 Å². The highest BCUT2D eigenvalue weighted by Gasteiger charge is 2.25. The Hall–Kier alpha value is -2.26. The molecule has 0 radical (unpaired) electrons. The Labute approximate surface area is 149 Å². The first-order valence-electron chi connectivity index (χ1n) is 8.52. The van der Waals surface area contributed by atoms with Crippen molar-refractivity contribution in [2.75, 3.05) is 26.2 Å². The predicted octanol–water partition coefficient (Wildman–Crippen LogP) is 2.14. The lowest BCUT2D eigenvalue weighted by molar-refractivity contribution is -0.131. The minimum atomic E-state index is -0.850. The van der Waals surface area contributed by atoms with Gasteiger partial charge in [0.15, 0.2) is 0 Å². The molecule has 0 aromatic heterocycles.